The average Bonchev–Trinajstić information content (AvgIpc) is 2.39. The van der Waals surface area contributed by atoms with Crippen molar-refractivity contribution in [2.45, 2.75) is 13.0 Å². The molecule has 0 saturated carbocycles. The molecule has 1 aromatic carbocycles. The number of aliphatic hydroxyl groups excluding tert-OH is 1. The van der Waals surface area contributed by atoms with Crippen LogP contribution < -0.4 is 4.90 Å². The number of aromatic nitrogens is 1. The molecule has 18 heavy (non-hydrogen) atoms. The van der Waals surface area contributed by atoms with Crippen molar-refractivity contribution in [1.82, 2.24) is 4.98 Å². The summed E-state index contributed by atoms with van der Waals surface area (Å²) in [6.07, 6.45) is -0.540. The normalized spacial score (nSPS) is 12.2. The van der Waals surface area contributed by atoms with E-state index in [1.165, 1.54) is 0 Å². The van der Waals surface area contributed by atoms with Gasteiger partial charge in [0.1, 0.15) is 0 Å². The van der Waals surface area contributed by atoms with Crippen LogP contribution in [0, 0.1) is 0 Å². The summed E-state index contributed by atoms with van der Waals surface area (Å²) in [5, 5.41) is 9.57. The van der Waals surface area contributed by atoms with E-state index in [0.29, 0.717) is 5.69 Å². The first-order chi connectivity index (χ1) is 8.58. The fraction of sp³-hybridized carbons (Fsp3) is 0.267. The van der Waals surface area contributed by atoms with Gasteiger partial charge in [0.2, 0.25) is 0 Å². The van der Waals surface area contributed by atoms with E-state index in [1.54, 1.807) is 6.92 Å². The zero-order valence-electron chi connectivity index (χ0n) is 11.0. The topological polar surface area (TPSA) is 36.4 Å². The molecule has 3 nitrogen and oxygen atoms in total. The van der Waals surface area contributed by atoms with Gasteiger partial charge in [-0.3, -0.25) is 4.98 Å². The van der Waals surface area contributed by atoms with E-state index < -0.39 is 6.10 Å². The van der Waals surface area contributed by atoms with Crippen LogP contribution in [-0.4, -0.2) is 24.2 Å². The third kappa shape index (κ3) is 2.68. The van der Waals surface area contributed by atoms with E-state index in [9.17, 15) is 5.11 Å². The molecule has 0 saturated heterocycles. The van der Waals surface area contributed by atoms with Crippen molar-refractivity contribution in [3.05, 3.63) is 48.2 Å². The van der Waals surface area contributed by atoms with Crippen LogP contribution in [0.3, 0.4) is 0 Å². The van der Waals surface area contributed by atoms with Crippen LogP contribution in [0.2, 0.25) is 0 Å². The molecule has 0 spiro atoms. The Kier molecular flexibility index (Phi) is 3.63. The number of aliphatic hydroxyl groups is 1. The number of rotatable bonds is 3. The van der Waals surface area contributed by atoms with Crippen molar-refractivity contribution < 1.29 is 5.11 Å². The van der Waals surface area contributed by atoms with E-state index in [4.69, 9.17) is 0 Å². The maximum absolute atomic E-state index is 9.57. The van der Waals surface area contributed by atoms with Gasteiger partial charge in [-0.1, -0.05) is 18.2 Å². The minimum atomic E-state index is -0.540. The molecule has 1 aromatic heterocycles. The molecule has 0 amide bonds. The first kappa shape index (κ1) is 12.6. The van der Waals surface area contributed by atoms with Crippen molar-refractivity contribution in [3.63, 3.8) is 0 Å². The fourth-order valence-corrected chi connectivity index (χ4v) is 1.79. The Morgan fingerprint density at radius 3 is 2.50 bits per heavy atom. The summed E-state index contributed by atoms with van der Waals surface area (Å²) in [6, 6.07) is 13.9. The molecule has 94 valence electrons. The standard InChI is InChI=1S/C15H18N2O/c1-11(18)14-8-5-9-15(16-14)12-6-4-7-13(10-12)17(2)3/h4-11,18H,1-3H3. The van der Waals surface area contributed by atoms with Gasteiger partial charge in [0.25, 0.3) is 0 Å². The monoisotopic (exact) mass is 242 g/mol. The molecule has 1 unspecified atom stereocenters. The van der Waals surface area contributed by atoms with Gasteiger partial charge in [-0.05, 0) is 31.2 Å². The Morgan fingerprint density at radius 1 is 1.11 bits per heavy atom. The van der Waals surface area contributed by atoms with Gasteiger partial charge in [-0.2, -0.15) is 0 Å². The molecule has 3 heteroatoms. The second kappa shape index (κ2) is 5.19. The largest absolute Gasteiger partial charge is 0.387 e. The molecule has 0 aliphatic heterocycles. The summed E-state index contributed by atoms with van der Waals surface area (Å²) in [5.41, 5.74) is 3.78. The third-order valence-corrected chi connectivity index (χ3v) is 2.86. The first-order valence-electron chi connectivity index (χ1n) is 6.00. The molecule has 0 bridgehead atoms. The summed E-state index contributed by atoms with van der Waals surface area (Å²) in [5.74, 6) is 0. The number of hydrogen-bond acceptors (Lipinski definition) is 3. The lowest BCUT2D eigenvalue weighted by Crippen LogP contribution is -2.08. The summed E-state index contributed by atoms with van der Waals surface area (Å²) in [6.45, 7) is 1.72. The second-order valence-electron chi connectivity index (χ2n) is 4.57. The highest BCUT2D eigenvalue weighted by molar-refractivity contribution is 5.65. The lowest BCUT2D eigenvalue weighted by molar-refractivity contribution is 0.194. The first-order valence-corrected chi connectivity index (χ1v) is 6.00. The van der Waals surface area contributed by atoms with Crippen LogP contribution in [0.1, 0.15) is 18.7 Å². The third-order valence-electron chi connectivity index (χ3n) is 2.86. The lowest BCUT2D eigenvalue weighted by atomic mass is 10.1. The van der Waals surface area contributed by atoms with Crippen molar-refractivity contribution in [1.29, 1.82) is 0 Å². The molecule has 0 aliphatic rings. The minimum absolute atomic E-state index is 0.540. The highest BCUT2D eigenvalue weighted by atomic mass is 16.3. The molecule has 1 N–H and O–H groups in total. The van der Waals surface area contributed by atoms with E-state index in [2.05, 4.69) is 22.0 Å². The molecular formula is C15H18N2O. The van der Waals surface area contributed by atoms with Crippen LogP contribution in [0.25, 0.3) is 11.3 Å². The van der Waals surface area contributed by atoms with Crippen LogP contribution in [0.5, 0.6) is 0 Å². The molecule has 0 aliphatic carbocycles. The molecule has 1 heterocycles. The van der Waals surface area contributed by atoms with Gasteiger partial charge in [-0.25, -0.2) is 0 Å². The second-order valence-corrected chi connectivity index (χ2v) is 4.57. The maximum atomic E-state index is 9.57. The van der Waals surface area contributed by atoms with Gasteiger partial charge in [0, 0.05) is 25.3 Å². The Bertz CT molecular complexity index is 486. The molecule has 2 aromatic rings. The van der Waals surface area contributed by atoms with Gasteiger partial charge >= 0.3 is 0 Å². The van der Waals surface area contributed by atoms with E-state index in [0.717, 1.165) is 16.9 Å². The zero-order valence-corrected chi connectivity index (χ0v) is 11.0. The van der Waals surface area contributed by atoms with Crippen LogP contribution in [-0.2, 0) is 0 Å². The summed E-state index contributed by atoms with van der Waals surface area (Å²) in [4.78, 5) is 6.53. The quantitative estimate of drug-likeness (QED) is 0.899. The highest BCUT2D eigenvalue weighted by Crippen LogP contribution is 2.23. The van der Waals surface area contributed by atoms with Crippen molar-refractivity contribution in [3.8, 4) is 11.3 Å². The van der Waals surface area contributed by atoms with Crippen molar-refractivity contribution in [2.24, 2.45) is 0 Å². The number of benzene rings is 1. The molecule has 0 radical (unpaired) electrons. The molecular weight excluding hydrogens is 224 g/mol. The predicted molar refractivity (Wildman–Crippen MR) is 74.6 cm³/mol. The lowest BCUT2D eigenvalue weighted by Gasteiger charge is -2.14. The maximum Gasteiger partial charge on any atom is 0.0932 e. The molecule has 1 atom stereocenters. The van der Waals surface area contributed by atoms with Gasteiger partial charge in [-0.15, -0.1) is 0 Å². The predicted octanol–water partition coefficient (Wildman–Crippen LogP) is 2.87. The van der Waals surface area contributed by atoms with Crippen LogP contribution >= 0.6 is 0 Å². The number of nitrogens with zero attached hydrogens (tertiary/aromatic N) is 2. The Morgan fingerprint density at radius 2 is 1.83 bits per heavy atom. The molecule has 0 fully saturated rings. The Labute approximate surface area is 108 Å². The average molecular weight is 242 g/mol. The Hall–Kier alpha value is -1.87. The minimum Gasteiger partial charge on any atom is -0.387 e. The number of anilines is 1. The molecule has 2 rings (SSSR count). The summed E-state index contributed by atoms with van der Waals surface area (Å²) >= 11 is 0. The van der Waals surface area contributed by atoms with Crippen LogP contribution in [0.4, 0.5) is 5.69 Å². The number of pyridine rings is 1. The Balaban J connectivity index is 2.42. The van der Waals surface area contributed by atoms with Crippen molar-refractivity contribution in [2.75, 3.05) is 19.0 Å². The van der Waals surface area contributed by atoms with Gasteiger partial charge in [0.05, 0.1) is 17.5 Å². The summed E-state index contributed by atoms with van der Waals surface area (Å²) < 4.78 is 0. The number of hydrogen-bond donors (Lipinski definition) is 1. The van der Waals surface area contributed by atoms with Gasteiger partial charge < -0.3 is 10.0 Å². The van der Waals surface area contributed by atoms with Crippen LogP contribution in [0.15, 0.2) is 42.5 Å². The SMILES string of the molecule is CC(O)c1cccc(-c2cccc(N(C)C)c2)n1. The van der Waals surface area contributed by atoms with E-state index in [1.807, 2.05) is 44.4 Å². The highest BCUT2D eigenvalue weighted by Gasteiger charge is 2.06. The van der Waals surface area contributed by atoms with Gasteiger partial charge in [0.15, 0.2) is 0 Å². The van der Waals surface area contributed by atoms with E-state index >= 15 is 0 Å². The smallest absolute Gasteiger partial charge is 0.0932 e. The van der Waals surface area contributed by atoms with Crippen molar-refractivity contribution >= 4 is 5.69 Å². The fourth-order valence-electron chi connectivity index (χ4n) is 1.79. The van der Waals surface area contributed by atoms with E-state index in [-0.39, 0.29) is 0 Å². The zero-order chi connectivity index (χ0) is 13.1. The summed E-state index contributed by atoms with van der Waals surface area (Å²) in [7, 11) is 4.03.